The van der Waals surface area contributed by atoms with E-state index < -0.39 is 8.80 Å². The molecule has 31 heavy (non-hydrogen) atoms. The van der Waals surface area contributed by atoms with Gasteiger partial charge < -0.3 is 27.5 Å². The van der Waals surface area contributed by atoms with E-state index in [1.807, 2.05) is 26.8 Å². The Labute approximate surface area is 188 Å². The van der Waals surface area contributed by atoms with Gasteiger partial charge in [-0.05, 0) is 57.4 Å². The summed E-state index contributed by atoms with van der Waals surface area (Å²) >= 11 is 0. The maximum absolute atomic E-state index is 11.9. The molecule has 7 nitrogen and oxygen atoms in total. The van der Waals surface area contributed by atoms with Crippen LogP contribution in [0.3, 0.4) is 0 Å². The zero-order valence-corrected chi connectivity index (χ0v) is 20.6. The average molecular weight is 455 g/mol. The molecule has 0 bridgehead atoms. The minimum absolute atomic E-state index is 0.356. The monoisotopic (exact) mass is 454 g/mol. The number of ether oxygens (including phenoxy) is 3. The first-order valence-electron chi connectivity index (χ1n) is 11.0. The molecule has 0 aliphatic carbocycles. The SMILES string of the molecule is CCO[Si](CCCCCCOC(=O)C=Cc1ccc(OC)c(OC)c1)(OCC)OCC. The van der Waals surface area contributed by atoms with Crippen molar-refractivity contribution in [1.82, 2.24) is 0 Å². The van der Waals surface area contributed by atoms with Gasteiger partial charge in [0.25, 0.3) is 0 Å². The van der Waals surface area contributed by atoms with Crippen LogP contribution in [0.25, 0.3) is 6.08 Å². The lowest BCUT2D eigenvalue weighted by Gasteiger charge is -2.28. The van der Waals surface area contributed by atoms with Crippen LogP contribution in [0.2, 0.25) is 6.04 Å². The van der Waals surface area contributed by atoms with Gasteiger partial charge >= 0.3 is 14.8 Å². The molecular weight excluding hydrogens is 416 g/mol. The first-order valence-corrected chi connectivity index (χ1v) is 13.0. The molecule has 1 rings (SSSR count). The second-order valence-electron chi connectivity index (χ2n) is 6.76. The standard InChI is InChI=1S/C23H38O7Si/c1-6-28-31(29-7-2,30-8-3)18-12-10-9-11-17-27-23(24)16-14-20-13-15-21(25-4)22(19-20)26-5/h13-16,19H,6-12,17-18H2,1-5H3. The molecule has 0 saturated heterocycles. The topological polar surface area (TPSA) is 72.5 Å². The Morgan fingerprint density at radius 2 is 1.48 bits per heavy atom. The average Bonchev–Trinajstić information content (AvgIpc) is 2.77. The van der Waals surface area contributed by atoms with Crippen molar-refractivity contribution in [2.45, 2.75) is 52.5 Å². The molecule has 0 aromatic heterocycles. The fourth-order valence-electron chi connectivity index (χ4n) is 3.14. The zero-order valence-electron chi connectivity index (χ0n) is 19.6. The Morgan fingerprint density at radius 1 is 0.871 bits per heavy atom. The molecule has 0 N–H and O–H groups in total. The lowest BCUT2D eigenvalue weighted by molar-refractivity contribution is -0.137. The van der Waals surface area contributed by atoms with E-state index >= 15 is 0 Å². The zero-order chi connectivity index (χ0) is 23.0. The molecular formula is C23H38O7Si. The van der Waals surface area contributed by atoms with E-state index in [-0.39, 0.29) is 5.97 Å². The molecule has 1 aromatic rings. The van der Waals surface area contributed by atoms with Crippen LogP contribution in [0.1, 0.15) is 52.0 Å². The molecule has 0 radical (unpaired) electrons. The number of benzene rings is 1. The lowest BCUT2D eigenvalue weighted by Crippen LogP contribution is -2.45. The first-order chi connectivity index (χ1) is 15.0. The number of hydrogen-bond donors (Lipinski definition) is 0. The number of unbranched alkanes of at least 4 members (excludes halogenated alkanes) is 3. The summed E-state index contributed by atoms with van der Waals surface area (Å²) in [5, 5.41) is 0. The van der Waals surface area contributed by atoms with Crippen LogP contribution >= 0.6 is 0 Å². The third kappa shape index (κ3) is 10.3. The van der Waals surface area contributed by atoms with E-state index in [0.29, 0.717) is 37.9 Å². The summed E-state index contributed by atoms with van der Waals surface area (Å²) in [6.07, 6.45) is 6.90. The van der Waals surface area contributed by atoms with Gasteiger partial charge in [-0.3, -0.25) is 0 Å². The van der Waals surface area contributed by atoms with E-state index in [4.69, 9.17) is 27.5 Å². The number of methoxy groups -OCH3 is 2. The molecule has 0 atom stereocenters. The van der Waals surface area contributed by atoms with Crippen LogP contribution in [0, 0.1) is 0 Å². The van der Waals surface area contributed by atoms with Gasteiger partial charge in [-0.1, -0.05) is 18.9 Å². The molecule has 0 spiro atoms. The van der Waals surface area contributed by atoms with E-state index in [1.165, 1.54) is 6.08 Å². The number of carbonyl (C=O) groups excluding carboxylic acids is 1. The fraction of sp³-hybridized carbons (Fsp3) is 0.609. The van der Waals surface area contributed by atoms with Gasteiger partial charge in [0.2, 0.25) is 0 Å². The Balaban J connectivity index is 2.30. The van der Waals surface area contributed by atoms with Gasteiger partial charge in [-0.15, -0.1) is 0 Å². The molecule has 0 aliphatic heterocycles. The van der Waals surface area contributed by atoms with Crippen LogP contribution in [-0.4, -0.2) is 55.4 Å². The maximum Gasteiger partial charge on any atom is 0.500 e. The third-order valence-corrected chi connectivity index (χ3v) is 7.69. The summed E-state index contributed by atoms with van der Waals surface area (Å²) < 4.78 is 33.3. The summed E-state index contributed by atoms with van der Waals surface area (Å²) in [5.74, 6) is 0.902. The first kappa shape index (κ1) is 27.2. The maximum atomic E-state index is 11.9. The van der Waals surface area contributed by atoms with Crippen molar-refractivity contribution in [3.8, 4) is 11.5 Å². The van der Waals surface area contributed by atoms with E-state index in [9.17, 15) is 4.79 Å². The summed E-state index contributed by atoms with van der Waals surface area (Å²) in [6.45, 7) is 8.09. The Bertz CT molecular complexity index is 646. The van der Waals surface area contributed by atoms with Crippen molar-refractivity contribution < 1.29 is 32.3 Å². The summed E-state index contributed by atoms with van der Waals surface area (Å²) in [7, 11) is 0.610. The number of carbonyl (C=O) groups is 1. The van der Waals surface area contributed by atoms with Crippen molar-refractivity contribution in [1.29, 1.82) is 0 Å². The highest BCUT2D eigenvalue weighted by Crippen LogP contribution is 2.28. The van der Waals surface area contributed by atoms with E-state index in [0.717, 1.165) is 37.3 Å². The lowest BCUT2D eigenvalue weighted by atomic mass is 10.2. The number of esters is 1. The van der Waals surface area contributed by atoms with Gasteiger partial charge in [0.15, 0.2) is 11.5 Å². The summed E-state index contributed by atoms with van der Waals surface area (Å²) in [4.78, 5) is 11.9. The van der Waals surface area contributed by atoms with Crippen molar-refractivity contribution in [2.75, 3.05) is 40.6 Å². The normalized spacial score (nSPS) is 11.6. The minimum atomic E-state index is -2.55. The summed E-state index contributed by atoms with van der Waals surface area (Å²) in [6, 6.07) is 6.26. The molecule has 176 valence electrons. The molecule has 1 aromatic carbocycles. The van der Waals surface area contributed by atoms with Crippen LogP contribution in [0.5, 0.6) is 11.5 Å². The fourth-order valence-corrected chi connectivity index (χ4v) is 5.83. The van der Waals surface area contributed by atoms with Crippen molar-refractivity contribution in [2.24, 2.45) is 0 Å². The largest absolute Gasteiger partial charge is 0.500 e. The van der Waals surface area contributed by atoms with Gasteiger partial charge in [0.1, 0.15) is 0 Å². The third-order valence-electron chi connectivity index (χ3n) is 4.53. The van der Waals surface area contributed by atoms with Gasteiger partial charge in [-0.2, -0.15) is 0 Å². The van der Waals surface area contributed by atoms with E-state index in [1.54, 1.807) is 32.4 Å². The van der Waals surface area contributed by atoms with Gasteiger partial charge in [0, 0.05) is 31.9 Å². The van der Waals surface area contributed by atoms with Crippen molar-refractivity contribution >= 4 is 20.8 Å². The molecule has 0 fully saturated rings. The molecule has 0 amide bonds. The van der Waals surface area contributed by atoms with Crippen LogP contribution < -0.4 is 9.47 Å². The van der Waals surface area contributed by atoms with Crippen LogP contribution in [0.4, 0.5) is 0 Å². The second-order valence-corrected chi connectivity index (χ2v) is 9.49. The van der Waals surface area contributed by atoms with Gasteiger partial charge in [0.05, 0.1) is 20.8 Å². The predicted octanol–water partition coefficient (Wildman–Crippen LogP) is 4.87. The number of rotatable bonds is 17. The Hall–Kier alpha value is -1.87. The Kier molecular flexibility index (Phi) is 13.9. The predicted molar refractivity (Wildman–Crippen MR) is 123 cm³/mol. The highest BCUT2D eigenvalue weighted by atomic mass is 28.4. The molecule has 0 aliphatic rings. The summed E-state index contributed by atoms with van der Waals surface area (Å²) in [5.41, 5.74) is 0.833. The minimum Gasteiger partial charge on any atom is -0.493 e. The smallest absolute Gasteiger partial charge is 0.493 e. The van der Waals surface area contributed by atoms with Crippen molar-refractivity contribution in [3.63, 3.8) is 0 Å². The van der Waals surface area contributed by atoms with E-state index in [2.05, 4.69) is 0 Å². The highest BCUT2D eigenvalue weighted by molar-refractivity contribution is 6.60. The number of hydrogen-bond acceptors (Lipinski definition) is 7. The van der Waals surface area contributed by atoms with Gasteiger partial charge in [-0.25, -0.2) is 4.79 Å². The van der Waals surface area contributed by atoms with Crippen LogP contribution in [-0.2, 0) is 22.8 Å². The highest BCUT2D eigenvalue weighted by Gasteiger charge is 2.39. The van der Waals surface area contributed by atoms with Crippen molar-refractivity contribution in [3.05, 3.63) is 29.8 Å². The second kappa shape index (κ2) is 15.9. The molecule has 0 saturated carbocycles. The van der Waals surface area contributed by atoms with Crippen LogP contribution in [0.15, 0.2) is 24.3 Å². The molecule has 0 unspecified atom stereocenters. The Morgan fingerprint density at radius 3 is 2.06 bits per heavy atom. The molecule has 8 heteroatoms. The quantitative estimate of drug-likeness (QED) is 0.144. The molecule has 0 heterocycles.